The lowest BCUT2D eigenvalue weighted by Crippen LogP contribution is -2.34. The molecule has 1 saturated carbocycles. The summed E-state index contributed by atoms with van der Waals surface area (Å²) >= 11 is 0. The Labute approximate surface area is 183 Å². The van der Waals surface area contributed by atoms with Gasteiger partial charge in [-0.3, -0.25) is 9.59 Å². The Morgan fingerprint density at radius 1 is 0.645 bits per heavy atom. The summed E-state index contributed by atoms with van der Waals surface area (Å²) in [6, 6.07) is 26.4. The molecule has 2 fully saturated rings. The highest BCUT2D eigenvalue weighted by Gasteiger charge is 2.57. The number of imide groups is 1. The van der Waals surface area contributed by atoms with Gasteiger partial charge in [-0.15, -0.1) is 0 Å². The molecule has 5 rings (SSSR count). The molecular weight excluding hydrogens is 382 g/mol. The SMILES string of the molecule is Cc1cccc(N2C(=O)[C@@H]3[C@H](C2=O)[C@H](c2ccccc2)CC[C@@H]3c2ccccc2)c1C. The van der Waals surface area contributed by atoms with E-state index in [1.807, 2.05) is 68.4 Å². The normalized spacial score (nSPS) is 25.5. The molecule has 156 valence electrons. The highest BCUT2D eigenvalue weighted by molar-refractivity contribution is 6.23. The minimum atomic E-state index is -0.325. The zero-order valence-electron chi connectivity index (χ0n) is 18.0. The van der Waals surface area contributed by atoms with Gasteiger partial charge in [0.05, 0.1) is 17.5 Å². The number of carbonyl (C=O) groups is 2. The van der Waals surface area contributed by atoms with Crippen molar-refractivity contribution in [2.75, 3.05) is 4.90 Å². The largest absolute Gasteiger partial charge is 0.274 e. The first-order chi connectivity index (χ1) is 15.1. The first kappa shape index (κ1) is 19.7. The van der Waals surface area contributed by atoms with E-state index in [0.29, 0.717) is 0 Å². The van der Waals surface area contributed by atoms with Crippen LogP contribution in [0.3, 0.4) is 0 Å². The van der Waals surface area contributed by atoms with Crippen LogP contribution in [0.4, 0.5) is 5.69 Å². The van der Waals surface area contributed by atoms with Gasteiger partial charge in [-0.05, 0) is 66.8 Å². The van der Waals surface area contributed by atoms with Gasteiger partial charge in [0.1, 0.15) is 0 Å². The lowest BCUT2D eigenvalue weighted by Gasteiger charge is -2.37. The van der Waals surface area contributed by atoms with E-state index in [0.717, 1.165) is 40.8 Å². The molecule has 3 aromatic rings. The Morgan fingerprint density at radius 2 is 1.13 bits per heavy atom. The van der Waals surface area contributed by atoms with Crippen molar-refractivity contribution >= 4 is 17.5 Å². The van der Waals surface area contributed by atoms with Crippen LogP contribution in [0, 0.1) is 25.7 Å². The number of carbonyl (C=O) groups excluding carboxylic acids is 2. The Balaban J connectivity index is 1.63. The van der Waals surface area contributed by atoms with Gasteiger partial charge in [-0.25, -0.2) is 4.90 Å². The average molecular weight is 410 g/mol. The highest BCUT2D eigenvalue weighted by Crippen LogP contribution is 2.53. The molecule has 2 aliphatic rings. The van der Waals surface area contributed by atoms with Gasteiger partial charge in [0.2, 0.25) is 11.8 Å². The van der Waals surface area contributed by atoms with E-state index >= 15 is 0 Å². The molecule has 0 bridgehead atoms. The minimum absolute atomic E-state index is 0.0433. The first-order valence-electron chi connectivity index (χ1n) is 11.1. The lowest BCUT2D eigenvalue weighted by atomic mass is 9.64. The third kappa shape index (κ3) is 3.20. The van der Waals surface area contributed by atoms with E-state index in [1.165, 1.54) is 4.90 Å². The van der Waals surface area contributed by atoms with E-state index in [1.54, 1.807) is 0 Å². The topological polar surface area (TPSA) is 37.4 Å². The number of hydrogen-bond donors (Lipinski definition) is 0. The summed E-state index contributed by atoms with van der Waals surface area (Å²) in [5.74, 6) is -0.602. The monoisotopic (exact) mass is 409 g/mol. The molecule has 1 saturated heterocycles. The number of rotatable bonds is 3. The van der Waals surface area contributed by atoms with E-state index in [-0.39, 0.29) is 35.5 Å². The number of nitrogens with zero attached hydrogens (tertiary/aromatic N) is 1. The fourth-order valence-corrected chi connectivity index (χ4v) is 5.64. The Bertz CT molecular complexity index is 1060. The zero-order valence-corrected chi connectivity index (χ0v) is 18.0. The Morgan fingerprint density at radius 3 is 1.61 bits per heavy atom. The van der Waals surface area contributed by atoms with Crippen molar-refractivity contribution in [2.24, 2.45) is 11.8 Å². The van der Waals surface area contributed by atoms with E-state index in [2.05, 4.69) is 24.3 Å². The molecule has 3 aromatic carbocycles. The lowest BCUT2D eigenvalue weighted by molar-refractivity contribution is -0.122. The average Bonchev–Trinajstić information content (AvgIpc) is 3.07. The number of fused-ring (bicyclic) bond motifs is 1. The molecular formula is C28H27NO2. The number of anilines is 1. The fraction of sp³-hybridized carbons (Fsp3) is 0.286. The molecule has 4 atom stereocenters. The van der Waals surface area contributed by atoms with Crippen LogP contribution in [0.15, 0.2) is 78.9 Å². The Kier molecular flexibility index (Phi) is 4.97. The maximum atomic E-state index is 13.9. The fourth-order valence-electron chi connectivity index (χ4n) is 5.64. The standard InChI is InChI=1S/C28H27NO2/c1-18-10-9-15-24(19(18)2)29-27(30)25-22(20-11-5-3-6-12-20)16-17-23(26(25)28(29)31)21-13-7-4-8-14-21/h3-15,22-23,25-26H,16-17H2,1-2H3/t22-,23+,25+,26-. The summed E-state index contributed by atoms with van der Waals surface area (Å²) < 4.78 is 0. The second-order valence-electron chi connectivity index (χ2n) is 8.89. The summed E-state index contributed by atoms with van der Waals surface area (Å²) in [5.41, 5.74) is 5.14. The molecule has 3 heteroatoms. The van der Waals surface area contributed by atoms with Gasteiger partial charge in [-0.2, -0.15) is 0 Å². The number of amides is 2. The van der Waals surface area contributed by atoms with Gasteiger partial charge < -0.3 is 0 Å². The molecule has 1 aliphatic heterocycles. The van der Waals surface area contributed by atoms with Crippen molar-refractivity contribution in [3.8, 4) is 0 Å². The molecule has 0 spiro atoms. The zero-order chi connectivity index (χ0) is 21.5. The first-order valence-corrected chi connectivity index (χ1v) is 11.1. The van der Waals surface area contributed by atoms with Gasteiger partial charge in [0.25, 0.3) is 0 Å². The minimum Gasteiger partial charge on any atom is -0.274 e. The third-order valence-corrected chi connectivity index (χ3v) is 7.33. The predicted molar refractivity (Wildman–Crippen MR) is 123 cm³/mol. The maximum Gasteiger partial charge on any atom is 0.238 e. The molecule has 3 nitrogen and oxygen atoms in total. The molecule has 2 amide bonds. The van der Waals surface area contributed by atoms with Crippen LogP contribution >= 0.6 is 0 Å². The number of hydrogen-bond acceptors (Lipinski definition) is 2. The summed E-state index contributed by atoms with van der Waals surface area (Å²) in [4.78, 5) is 29.3. The molecule has 0 N–H and O–H groups in total. The van der Waals surface area contributed by atoms with E-state index in [9.17, 15) is 9.59 Å². The highest BCUT2D eigenvalue weighted by atomic mass is 16.2. The summed E-state index contributed by atoms with van der Waals surface area (Å²) in [7, 11) is 0. The van der Waals surface area contributed by atoms with Gasteiger partial charge in [0, 0.05) is 0 Å². The molecule has 0 aromatic heterocycles. The molecule has 31 heavy (non-hydrogen) atoms. The summed E-state index contributed by atoms with van der Waals surface area (Å²) in [6.07, 6.45) is 1.81. The molecule has 1 aliphatic carbocycles. The Hall–Kier alpha value is -3.20. The summed E-state index contributed by atoms with van der Waals surface area (Å²) in [5, 5.41) is 0. The number of benzene rings is 3. The smallest absolute Gasteiger partial charge is 0.238 e. The van der Waals surface area contributed by atoms with E-state index < -0.39 is 0 Å². The van der Waals surface area contributed by atoms with Crippen molar-refractivity contribution < 1.29 is 9.59 Å². The van der Waals surface area contributed by atoms with Crippen LogP contribution < -0.4 is 4.90 Å². The maximum absolute atomic E-state index is 13.9. The third-order valence-electron chi connectivity index (χ3n) is 7.33. The number of aryl methyl sites for hydroxylation is 1. The van der Waals surface area contributed by atoms with Gasteiger partial charge in [-0.1, -0.05) is 72.8 Å². The molecule has 0 radical (unpaired) electrons. The second-order valence-corrected chi connectivity index (χ2v) is 8.89. The van der Waals surface area contributed by atoms with Gasteiger partial charge >= 0.3 is 0 Å². The molecule has 0 unspecified atom stereocenters. The van der Waals surface area contributed by atoms with Crippen molar-refractivity contribution in [3.63, 3.8) is 0 Å². The molecule has 1 heterocycles. The van der Waals surface area contributed by atoms with Crippen LogP contribution in [0.5, 0.6) is 0 Å². The van der Waals surface area contributed by atoms with Crippen LogP contribution in [0.1, 0.15) is 46.9 Å². The summed E-state index contributed by atoms with van der Waals surface area (Å²) in [6.45, 7) is 4.02. The second kappa shape index (κ2) is 7.81. The van der Waals surface area contributed by atoms with Crippen LogP contribution in [0.2, 0.25) is 0 Å². The quantitative estimate of drug-likeness (QED) is 0.515. The van der Waals surface area contributed by atoms with Crippen LogP contribution in [0.25, 0.3) is 0 Å². The van der Waals surface area contributed by atoms with E-state index in [4.69, 9.17) is 0 Å². The predicted octanol–water partition coefficient (Wildman–Crippen LogP) is 5.77. The van der Waals surface area contributed by atoms with Crippen molar-refractivity contribution in [3.05, 3.63) is 101 Å². The van der Waals surface area contributed by atoms with Crippen LogP contribution in [-0.2, 0) is 9.59 Å². The van der Waals surface area contributed by atoms with Crippen LogP contribution in [-0.4, -0.2) is 11.8 Å². The van der Waals surface area contributed by atoms with Crippen molar-refractivity contribution in [2.45, 2.75) is 38.5 Å². The van der Waals surface area contributed by atoms with Gasteiger partial charge in [0.15, 0.2) is 0 Å². The van der Waals surface area contributed by atoms with Crippen molar-refractivity contribution in [1.82, 2.24) is 0 Å². The van der Waals surface area contributed by atoms with Crippen molar-refractivity contribution in [1.29, 1.82) is 0 Å².